The van der Waals surface area contributed by atoms with E-state index in [-0.39, 0.29) is 5.91 Å². The lowest BCUT2D eigenvalue weighted by molar-refractivity contribution is -0.117. The average molecular weight is 215 g/mol. The van der Waals surface area contributed by atoms with Crippen molar-refractivity contribution in [1.29, 1.82) is 0 Å². The van der Waals surface area contributed by atoms with Crippen LogP contribution < -0.4 is 4.98 Å². The molecule has 1 N–H and O–H groups in total. The third-order valence-corrected chi connectivity index (χ3v) is 7.88. The third kappa shape index (κ3) is 4.79. The summed E-state index contributed by atoms with van der Waals surface area (Å²) >= 11 is 0. The predicted octanol–water partition coefficient (Wildman–Crippen LogP) is 3.30. The molecule has 0 heterocycles. The minimum atomic E-state index is -1.46. The normalized spacial score (nSPS) is 11.4. The molecule has 0 aromatic heterocycles. The van der Waals surface area contributed by atoms with E-state index in [0.29, 0.717) is 0 Å². The first kappa shape index (κ1) is 13.7. The fraction of sp³-hybridized carbons (Fsp3) is 0.909. The zero-order valence-electron chi connectivity index (χ0n) is 10.2. The van der Waals surface area contributed by atoms with Gasteiger partial charge in [-0.2, -0.15) is 0 Å². The van der Waals surface area contributed by atoms with Gasteiger partial charge in [-0.3, -0.25) is 4.79 Å². The topological polar surface area (TPSA) is 29.1 Å². The molecular formula is C11H25NOSi. The summed E-state index contributed by atoms with van der Waals surface area (Å²) < 4.78 is 0. The Morgan fingerprint density at radius 1 is 1.00 bits per heavy atom. The van der Waals surface area contributed by atoms with Gasteiger partial charge in [0.15, 0.2) is 8.24 Å². The Labute approximate surface area is 89.6 Å². The highest BCUT2D eigenvalue weighted by Gasteiger charge is 2.31. The molecule has 0 saturated carbocycles. The van der Waals surface area contributed by atoms with E-state index < -0.39 is 8.24 Å². The van der Waals surface area contributed by atoms with Gasteiger partial charge in [0.05, 0.1) is 0 Å². The number of amides is 1. The van der Waals surface area contributed by atoms with Crippen molar-refractivity contribution in [2.24, 2.45) is 0 Å². The molecule has 0 atom stereocenters. The van der Waals surface area contributed by atoms with Gasteiger partial charge in [0, 0.05) is 6.92 Å². The lowest BCUT2D eigenvalue weighted by Gasteiger charge is -2.31. The SMILES string of the molecule is CCC[Si](CCC)(CCC)NC(C)=O. The van der Waals surface area contributed by atoms with Gasteiger partial charge < -0.3 is 4.98 Å². The first-order valence-corrected chi connectivity index (χ1v) is 8.51. The van der Waals surface area contributed by atoms with Crippen molar-refractivity contribution in [1.82, 2.24) is 4.98 Å². The zero-order valence-corrected chi connectivity index (χ0v) is 11.2. The summed E-state index contributed by atoms with van der Waals surface area (Å²) in [4.78, 5) is 14.5. The van der Waals surface area contributed by atoms with Crippen LogP contribution in [0.2, 0.25) is 18.1 Å². The first-order valence-electron chi connectivity index (χ1n) is 5.89. The highest BCUT2D eigenvalue weighted by Crippen LogP contribution is 2.23. The third-order valence-electron chi connectivity index (χ3n) is 2.63. The second kappa shape index (κ2) is 7.04. The minimum absolute atomic E-state index is 0.173. The van der Waals surface area contributed by atoms with Gasteiger partial charge in [-0.25, -0.2) is 0 Å². The lowest BCUT2D eigenvalue weighted by Crippen LogP contribution is -2.52. The van der Waals surface area contributed by atoms with Gasteiger partial charge in [0.2, 0.25) is 5.91 Å². The van der Waals surface area contributed by atoms with Crippen molar-refractivity contribution in [2.45, 2.75) is 65.1 Å². The summed E-state index contributed by atoms with van der Waals surface area (Å²) in [6.45, 7) is 8.31. The lowest BCUT2D eigenvalue weighted by atomic mass is 10.5. The van der Waals surface area contributed by atoms with Crippen LogP contribution in [0.25, 0.3) is 0 Å². The monoisotopic (exact) mass is 215 g/mol. The van der Waals surface area contributed by atoms with Crippen LogP contribution in [0.1, 0.15) is 47.0 Å². The Morgan fingerprint density at radius 2 is 1.36 bits per heavy atom. The smallest absolute Gasteiger partial charge is 0.209 e. The molecule has 0 rings (SSSR count). The number of hydrogen-bond donors (Lipinski definition) is 1. The molecule has 14 heavy (non-hydrogen) atoms. The van der Waals surface area contributed by atoms with Gasteiger partial charge in [-0.1, -0.05) is 40.0 Å². The van der Waals surface area contributed by atoms with Gasteiger partial charge in [0.1, 0.15) is 0 Å². The summed E-state index contributed by atoms with van der Waals surface area (Å²) in [5.74, 6) is 0.173. The van der Waals surface area contributed by atoms with Crippen LogP contribution in [0.4, 0.5) is 0 Å². The van der Waals surface area contributed by atoms with Crippen LogP contribution in [-0.2, 0) is 4.79 Å². The summed E-state index contributed by atoms with van der Waals surface area (Å²) in [7, 11) is -1.46. The second-order valence-corrected chi connectivity index (χ2v) is 8.52. The standard InChI is InChI=1S/C11H25NOSi/c1-5-8-14(9-6-2,10-7-3)12-11(4)13/h5-10H2,1-4H3,(H,12,13). The minimum Gasteiger partial charge on any atom is -0.382 e. The Bertz CT molecular complexity index is 154. The fourth-order valence-electron chi connectivity index (χ4n) is 2.37. The van der Waals surface area contributed by atoms with Gasteiger partial charge in [0.25, 0.3) is 0 Å². The Balaban J connectivity index is 4.45. The molecule has 1 amide bonds. The van der Waals surface area contributed by atoms with Crippen molar-refractivity contribution >= 4 is 14.1 Å². The van der Waals surface area contributed by atoms with Crippen LogP contribution in [0, 0.1) is 0 Å². The maximum Gasteiger partial charge on any atom is 0.209 e. The van der Waals surface area contributed by atoms with E-state index in [1.165, 1.54) is 37.4 Å². The summed E-state index contributed by atoms with van der Waals surface area (Å²) in [6, 6.07) is 3.73. The molecular weight excluding hydrogens is 190 g/mol. The van der Waals surface area contributed by atoms with Crippen LogP contribution in [-0.4, -0.2) is 14.1 Å². The molecule has 0 aromatic rings. The summed E-state index contributed by atoms with van der Waals surface area (Å²) in [5.41, 5.74) is 0. The molecule has 0 saturated heterocycles. The number of rotatable bonds is 7. The average Bonchev–Trinajstić information content (AvgIpc) is 2.03. The maximum atomic E-state index is 11.2. The van der Waals surface area contributed by atoms with E-state index in [1.54, 1.807) is 6.92 Å². The number of hydrogen-bond acceptors (Lipinski definition) is 1. The molecule has 0 unspecified atom stereocenters. The van der Waals surface area contributed by atoms with Crippen LogP contribution >= 0.6 is 0 Å². The summed E-state index contributed by atoms with van der Waals surface area (Å²) in [6.07, 6.45) is 3.60. The molecule has 0 aromatic carbocycles. The number of carbonyl (C=O) groups is 1. The molecule has 0 aliphatic heterocycles. The first-order chi connectivity index (χ1) is 6.60. The molecule has 0 radical (unpaired) electrons. The van der Waals surface area contributed by atoms with Crippen LogP contribution in [0.5, 0.6) is 0 Å². The predicted molar refractivity (Wildman–Crippen MR) is 64.9 cm³/mol. The van der Waals surface area contributed by atoms with Crippen molar-refractivity contribution < 1.29 is 4.79 Å². The quantitative estimate of drug-likeness (QED) is 0.649. The van der Waals surface area contributed by atoms with Gasteiger partial charge in [-0.05, 0) is 18.1 Å². The van der Waals surface area contributed by atoms with E-state index in [1.807, 2.05) is 0 Å². The highest BCUT2D eigenvalue weighted by atomic mass is 28.3. The van der Waals surface area contributed by atoms with E-state index in [0.717, 1.165) is 0 Å². The van der Waals surface area contributed by atoms with Gasteiger partial charge >= 0.3 is 0 Å². The molecule has 0 bridgehead atoms. The highest BCUT2D eigenvalue weighted by molar-refractivity contribution is 6.79. The maximum absolute atomic E-state index is 11.2. The molecule has 0 aliphatic carbocycles. The van der Waals surface area contributed by atoms with Gasteiger partial charge in [-0.15, -0.1) is 0 Å². The molecule has 0 spiro atoms. The van der Waals surface area contributed by atoms with Crippen LogP contribution in [0.3, 0.4) is 0 Å². The number of carbonyl (C=O) groups excluding carboxylic acids is 1. The molecule has 0 fully saturated rings. The number of nitrogens with one attached hydrogen (secondary N) is 1. The van der Waals surface area contributed by atoms with E-state index >= 15 is 0 Å². The van der Waals surface area contributed by atoms with Crippen molar-refractivity contribution in [3.05, 3.63) is 0 Å². The second-order valence-electron chi connectivity index (χ2n) is 4.21. The Morgan fingerprint density at radius 3 is 1.57 bits per heavy atom. The summed E-state index contributed by atoms with van der Waals surface area (Å²) in [5, 5.41) is 0. The Kier molecular flexibility index (Phi) is 6.88. The largest absolute Gasteiger partial charge is 0.382 e. The molecule has 84 valence electrons. The van der Waals surface area contributed by atoms with Crippen molar-refractivity contribution in [2.75, 3.05) is 0 Å². The van der Waals surface area contributed by atoms with Crippen molar-refractivity contribution in [3.8, 4) is 0 Å². The fourth-order valence-corrected chi connectivity index (χ4v) is 7.11. The molecule has 2 nitrogen and oxygen atoms in total. The van der Waals surface area contributed by atoms with E-state index in [4.69, 9.17) is 0 Å². The Hall–Kier alpha value is -0.313. The van der Waals surface area contributed by atoms with E-state index in [9.17, 15) is 4.79 Å². The van der Waals surface area contributed by atoms with E-state index in [2.05, 4.69) is 25.8 Å². The molecule has 0 aliphatic rings. The van der Waals surface area contributed by atoms with Crippen LogP contribution in [0.15, 0.2) is 0 Å². The zero-order chi connectivity index (χ0) is 11.0. The molecule has 3 heteroatoms. The van der Waals surface area contributed by atoms with Crippen molar-refractivity contribution in [3.63, 3.8) is 0 Å².